The Kier molecular flexibility index (Phi) is 5.25. The number of carbonyl (C=O) groups excluding carboxylic acids is 2. The Bertz CT molecular complexity index is 269. The van der Waals surface area contributed by atoms with Crippen LogP contribution in [0.1, 0.15) is 26.7 Å². The average molecular weight is 291 g/mol. The first-order chi connectivity index (χ1) is 7.56. The van der Waals surface area contributed by atoms with Crippen LogP contribution in [0, 0.1) is 5.92 Å². The smallest absolute Gasteiger partial charge is 0.242 e. The second-order valence-corrected chi connectivity index (χ2v) is 5.08. The molecule has 0 radical (unpaired) electrons. The minimum Gasteiger partial charge on any atom is -0.354 e. The van der Waals surface area contributed by atoms with Gasteiger partial charge in [-0.3, -0.25) is 9.59 Å². The van der Waals surface area contributed by atoms with Gasteiger partial charge >= 0.3 is 0 Å². The molecule has 0 aromatic heterocycles. The summed E-state index contributed by atoms with van der Waals surface area (Å²) in [6.07, 6.45) is 1.70. The van der Waals surface area contributed by atoms with Crippen molar-refractivity contribution < 1.29 is 9.59 Å². The molecule has 0 bridgehead atoms. The molecule has 1 heterocycles. The summed E-state index contributed by atoms with van der Waals surface area (Å²) in [4.78, 5) is 25.1. The summed E-state index contributed by atoms with van der Waals surface area (Å²) in [6.45, 7) is 5.47. The molecule has 1 atom stereocenters. The highest BCUT2D eigenvalue weighted by Gasteiger charge is 2.33. The van der Waals surface area contributed by atoms with Gasteiger partial charge < -0.3 is 10.2 Å². The number of likely N-dealkylation sites (tertiary alicyclic amines) is 1. The summed E-state index contributed by atoms with van der Waals surface area (Å²) in [5.41, 5.74) is 0. The molecule has 0 spiro atoms. The Hall–Kier alpha value is -0.580. The third-order valence-electron chi connectivity index (χ3n) is 2.67. The van der Waals surface area contributed by atoms with Crippen LogP contribution in [0.4, 0.5) is 0 Å². The summed E-state index contributed by atoms with van der Waals surface area (Å²) in [7, 11) is 0. The topological polar surface area (TPSA) is 49.4 Å². The lowest BCUT2D eigenvalue weighted by Gasteiger charge is -2.23. The number of hydrogen-bond donors (Lipinski definition) is 1. The van der Waals surface area contributed by atoms with Gasteiger partial charge in [0.2, 0.25) is 11.8 Å². The Morgan fingerprint density at radius 3 is 2.75 bits per heavy atom. The predicted octanol–water partition coefficient (Wildman–Crippen LogP) is 1.14. The van der Waals surface area contributed by atoms with Gasteiger partial charge in [0.15, 0.2) is 0 Å². The van der Waals surface area contributed by atoms with Crippen LogP contribution in [0.25, 0.3) is 0 Å². The molecule has 1 aliphatic rings. The fraction of sp³-hybridized carbons (Fsp3) is 0.818. The van der Waals surface area contributed by atoms with Crippen molar-refractivity contribution in [1.82, 2.24) is 10.2 Å². The van der Waals surface area contributed by atoms with E-state index in [-0.39, 0.29) is 17.9 Å². The Morgan fingerprint density at radius 1 is 1.50 bits per heavy atom. The molecule has 0 aliphatic carbocycles. The van der Waals surface area contributed by atoms with Gasteiger partial charge in [-0.15, -0.1) is 0 Å². The lowest BCUT2D eigenvalue weighted by Crippen LogP contribution is -2.47. The lowest BCUT2D eigenvalue weighted by atomic mass is 10.2. The third-order valence-corrected chi connectivity index (χ3v) is 3.15. The molecule has 2 amide bonds. The number of nitrogens with one attached hydrogen (secondary N) is 1. The molecule has 1 fully saturated rings. The van der Waals surface area contributed by atoms with E-state index in [0.29, 0.717) is 24.3 Å². The molecular formula is C11H19BrN2O2. The molecular weight excluding hydrogens is 272 g/mol. The van der Waals surface area contributed by atoms with Crippen molar-refractivity contribution in [2.45, 2.75) is 32.7 Å². The number of rotatable bonds is 4. The number of nitrogens with zero attached hydrogens (tertiary/aromatic N) is 1. The van der Waals surface area contributed by atoms with Gasteiger partial charge in [0.25, 0.3) is 0 Å². The maximum Gasteiger partial charge on any atom is 0.242 e. The van der Waals surface area contributed by atoms with Gasteiger partial charge in [0.1, 0.15) is 6.04 Å². The number of halogens is 1. The van der Waals surface area contributed by atoms with E-state index in [9.17, 15) is 9.59 Å². The van der Waals surface area contributed by atoms with Crippen LogP contribution in [0.2, 0.25) is 0 Å². The fourth-order valence-corrected chi connectivity index (χ4v) is 2.16. The van der Waals surface area contributed by atoms with Crippen molar-refractivity contribution in [1.29, 1.82) is 0 Å². The van der Waals surface area contributed by atoms with E-state index < -0.39 is 0 Å². The maximum absolute atomic E-state index is 11.9. The summed E-state index contributed by atoms with van der Waals surface area (Å²) in [6, 6.07) is -0.260. The van der Waals surface area contributed by atoms with Crippen LogP contribution in [0.15, 0.2) is 0 Å². The van der Waals surface area contributed by atoms with Gasteiger partial charge in [-0.05, 0) is 18.8 Å². The van der Waals surface area contributed by atoms with E-state index in [1.807, 2.05) is 0 Å². The van der Waals surface area contributed by atoms with Gasteiger partial charge in [0, 0.05) is 13.1 Å². The van der Waals surface area contributed by atoms with E-state index in [2.05, 4.69) is 35.1 Å². The molecule has 5 heteroatoms. The molecule has 16 heavy (non-hydrogen) atoms. The third kappa shape index (κ3) is 3.47. The van der Waals surface area contributed by atoms with Gasteiger partial charge in [-0.2, -0.15) is 0 Å². The van der Waals surface area contributed by atoms with Crippen LogP contribution >= 0.6 is 15.9 Å². The highest BCUT2D eigenvalue weighted by atomic mass is 79.9. The second-order valence-electron chi connectivity index (χ2n) is 4.52. The molecule has 1 saturated heterocycles. The minimum atomic E-state index is -0.260. The molecule has 0 aromatic carbocycles. The highest BCUT2D eigenvalue weighted by Crippen LogP contribution is 2.18. The average Bonchev–Trinajstić information content (AvgIpc) is 2.73. The summed E-state index contributed by atoms with van der Waals surface area (Å²) >= 11 is 3.14. The normalized spacial score (nSPS) is 20.2. The van der Waals surface area contributed by atoms with Gasteiger partial charge in [0.05, 0.1) is 5.33 Å². The second kappa shape index (κ2) is 6.23. The summed E-state index contributed by atoms with van der Waals surface area (Å²) in [5.74, 6) is 0.424. The SMILES string of the molecule is CC(C)CNC(=O)C1CCCN1C(=O)CBr. The standard InChI is InChI=1S/C11H19BrN2O2/c1-8(2)7-13-11(16)9-4-3-5-14(9)10(15)6-12/h8-9H,3-7H2,1-2H3,(H,13,16). The van der Waals surface area contributed by atoms with Gasteiger partial charge in [-0.25, -0.2) is 0 Å². The largest absolute Gasteiger partial charge is 0.354 e. The first-order valence-electron chi connectivity index (χ1n) is 5.69. The molecule has 0 saturated carbocycles. The minimum absolute atomic E-state index is 0.00203. The van der Waals surface area contributed by atoms with E-state index in [1.165, 1.54) is 0 Å². The maximum atomic E-state index is 11.9. The predicted molar refractivity (Wildman–Crippen MR) is 66.4 cm³/mol. The van der Waals surface area contributed by atoms with Crippen molar-refractivity contribution in [3.63, 3.8) is 0 Å². The zero-order valence-electron chi connectivity index (χ0n) is 9.83. The lowest BCUT2D eigenvalue weighted by molar-refractivity contribution is -0.136. The highest BCUT2D eigenvalue weighted by molar-refractivity contribution is 9.09. The molecule has 92 valence electrons. The first-order valence-corrected chi connectivity index (χ1v) is 6.81. The molecule has 0 aromatic rings. The van der Waals surface area contributed by atoms with Crippen molar-refractivity contribution in [2.75, 3.05) is 18.4 Å². The van der Waals surface area contributed by atoms with Crippen LogP contribution in [0.3, 0.4) is 0 Å². The summed E-state index contributed by atoms with van der Waals surface area (Å²) in [5, 5.41) is 3.18. The zero-order valence-corrected chi connectivity index (χ0v) is 11.4. The number of hydrogen-bond acceptors (Lipinski definition) is 2. The van der Waals surface area contributed by atoms with Crippen molar-refractivity contribution in [3.05, 3.63) is 0 Å². The van der Waals surface area contributed by atoms with E-state index in [1.54, 1.807) is 4.90 Å². The first kappa shape index (κ1) is 13.5. The molecule has 1 N–H and O–H groups in total. The fourth-order valence-electron chi connectivity index (χ4n) is 1.84. The van der Waals surface area contributed by atoms with Crippen LogP contribution in [-0.4, -0.2) is 41.2 Å². The monoisotopic (exact) mass is 290 g/mol. The molecule has 1 rings (SSSR count). The van der Waals surface area contributed by atoms with E-state index in [0.717, 1.165) is 12.8 Å². The molecule has 4 nitrogen and oxygen atoms in total. The zero-order chi connectivity index (χ0) is 12.1. The van der Waals surface area contributed by atoms with E-state index >= 15 is 0 Å². The number of amides is 2. The molecule has 1 aliphatic heterocycles. The van der Waals surface area contributed by atoms with E-state index in [4.69, 9.17) is 0 Å². The Labute approximate surface area is 105 Å². The van der Waals surface area contributed by atoms with Crippen molar-refractivity contribution in [2.24, 2.45) is 5.92 Å². The molecule has 1 unspecified atom stereocenters. The van der Waals surface area contributed by atoms with Gasteiger partial charge in [-0.1, -0.05) is 29.8 Å². The van der Waals surface area contributed by atoms with Crippen molar-refractivity contribution in [3.8, 4) is 0 Å². The number of alkyl halides is 1. The van der Waals surface area contributed by atoms with Crippen LogP contribution in [-0.2, 0) is 9.59 Å². The van der Waals surface area contributed by atoms with Crippen LogP contribution in [0.5, 0.6) is 0 Å². The Morgan fingerprint density at radius 2 is 2.19 bits per heavy atom. The van der Waals surface area contributed by atoms with Crippen molar-refractivity contribution >= 4 is 27.7 Å². The quantitative estimate of drug-likeness (QED) is 0.790. The Balaban J connectivity index is 2.51. The van der Waals surface area contributed by atoms with Crippen LogP contribution < -0.4 is 5.32 Å². The summed E-state index contributed by atoms with van der Waals surface area (Å²) < 4.78 is 0. The number of carbonyl (C=O) groups is 2.